The van der Waals surface area contributed by atoms with E-state index in [0.717, 1.165) is 11.1 Å². The Morgan fingerprint density at radius 3 is 2.77 bits per heavy atom. The van der Waals surface area contributed by atoms with Crippen molar-refractivity contribution in [2.45, 2.75) is 13.5 Å². The van der Waals surface area contributed by atoms with Crippen LogP contribution < -0.4 is 4.74 Å². The summed E-state index contributed by atoms with van der Waals surface area (Å²) in [6, 6.07) is 13.6. The zero-order valence-electron chi connectivity index (χ0n) is 12.2. The fourth-order valence-corrected chi connectivity index (χ4v) is 2.14. The van der Waals surface area contributed by atoms with Gasteiger partial charge in [-0.05, 0) is 24.6 Å². The predicted octanol–water partition coefficient (Wildman–Crippen LogP) is 3.09. The molecule has 0 radical (unpaired) electrons. The van der Waals surface area contributed by atoms with Gasteiger partial charge in [0.15, 0.2) is 0 Å². The van der Waals surface area contributed by atoms with Crippen molar-refractivity contribution in [3.05, 3.63) is 66.2 Å². The van der Waals surface area contributed by atoms with E-state index in [9.17, 15) is 4.79 Å². The molecule has 3 aromatic rings. The lowest BCUT2D eigenvalue weighted by Gasteiger charge is -2.08. The quantitative estimate of drug-likeness (QED) is 0.679. The average Bonchev–Trinajstić information content (AvgIpc) is 2.97. The first-order chi connectivity index (χ1) is 10.8. The van der Waals surface area contributed by atoms with Crippen molar-refractivity contribution in [3.63, 3.8) is 0 Å². The maximum atomic E-state index is 11.9. The second-order valence-corrected chi connectivity index (χ2v) is 4.74. The van der Waals surface area contributed by atoms with Crippen LogP contribution in [-0.2, 0) is 11.3 Å². The molecule has 0 aliphatic carbocycles. The van der Waals surface area contributed by atoms with Crippen LogP contribution in [0, 0.1) is 0 Å². The molecule has 5 nitrogen and oxygen atoms in total. The molecule has 0 N–H and O–H groups in total. The molecule has 22 heavy (non-hydrogen) atoms. The molecule has 2 heterocycles. The van der Waals surface area contributed by atoms with Crippen LogP contribution in [-0.4, -0.2) is 22.0 Å². The Labute approximate surface area is 128 Å². The third-order valence-electron chi connectivity index (χ3n) is 3.21. The summed E-state index contributed by atoms with van der Waals surface area (Å²) in [4.78, 5) is 16.0. The Kier molecular flexibility index (Phi) is 4.05. The third kappa shape index (κ3) is 2.93. The van der Waals surface area contributed by atoms with Crippen molar-refractivity contribution in [3.8, 4) is 5.75 Å². The lowest BCUT2D eigenvalue weighted by molar-refractivity contribution is 0.0511. The third-order valence-corrected chi connectivity index (χ3v) is 3.21. The summed E-state index contributed by atoms with van der Waals surface area (Å²) in [5.41, 5.74) is 1.90. The highest BCUT2D eigenvalue weighted by atomic mass is 16.5. The van der Waals surface area contributed by atoms with Crippen molar-refractivity contribution in [2.24, 2.45) is 0 Å². The number of hydrogen-bond donors (Lipinski definition) is 0. The Morgan fingerprint density at radius 1 is 1.18 bits per heavy atom. The number of nitrogens with zero attached hydrogens (tertiary/aromatic N) is 2. The summed E-state index contributed by atoms with van der Waals surface area (Å²) in [6.45, 7) is 2.55. The van der Waals surface area contributed by atoms with E-state index in [1.54, 1.807) is 23.7 Å². The van der Waals surface area contributed by atoms with E-state index in [2.05, 4.69) is 4.98 Å². The summed E-state index contributed by atoms with van der Waals surface area (Å²) in [5.74, 6) is 0.477. The van der Waals surface area contributed by atoms with Crippen LogP contribution >= 0.6 is 0 Å². The molecule has 0 aliphatic heterocycles. The molecule has 0 saturated heterocycles. The molecule has 112 valence electrons. The highest BCUT2D eigenvalue weighted by Gasteiger charge is 2.14. The monoisotopic (exact) mass is 296 g/mol. The van der Waals surface area contributed by atoms with E-state index in [1.165, 1.54) is 0 Å². The number of esters is 1. The van der Waals surface area contributed by atoms with Gasteiger partial charge in [-0.25, -0.2) is 9.78 Å². The molecule has 0 saturated carbocycles. The van der Waals surface area contributed by atoms with Gasteiger partial charge >= 0.3 is 5.97 Å². The van der Waals surface area contributed by atoms with Crippen LogP contribution in [0.4, 0.5) is 0 Å². The van der Waals surface area contributed by atoms with Gasteiger partial charge in [-0.1, -0.05) is 30.3 Å². The Morgan fingerprint density at radius 2 is 2.00 bits per heavy atom. The van der Waals surface area contributed by atoms with Gasteiger partial charge in [-0.3, -0.25) is 4.40 Å². The van der Waals surface area contributed by atoms with Crippen molar-refractivity contribution in [2.75, 3.05) is 6.61 Å². The topological polar surface area (TPSA) is 52.8 Å². The zero-order chi connectivity index (χ0) is 15.4. The lowest BCUT2D eigenvalue weighted by atomic mass is 10.2. The van der Waals surface area contributed by atoms with Gasteiger partial charge in [-0.2, -0.15) is 0 Å². The van der Waals surface area contributed by atoms with Crippen LogP contribution in [0.15, 0.2) is 54.9 Å². The first-order valence-electron chi connectivity index (χ1n) is 7.09. The average molecular weight is 296 g/mol. The first-order valence-corrected chi connectivity index (χ1v) is 7.09. The number of imidazole rings is 1. The molecule has 2 aromatic heterocycles. The molecule has 0 fully saturated rings. The Hall–Kier alpha value is -2.82. The summed E-state index contributed by atoms with van der Waals surface area (Å²) in [5, 5.41) is 0. The SMILES string of the molecule is CCOC(=O)c1ncc2ccc(OCc3ccccc3)cn12. The van der Waals surface area contributed by atoms with Crippen molar-refractivity contribution in [1.82, 2.24) is 9.38 Å². The fourth-order valence-electron chi connectivity index (χ4n) is 2.14. The number of carbonyl (C=O) groups excluding carboxylic acids is 1. The largest absolute Gasteiger partial charge is 0.487 e. The van der Waals surface area contributed by atoms with E-state index in [4.69, 9.17) is 9.47 Å². The van der Waals surface area contributed by atoms with Crippen molar-refractivity contribution < 1.29 is 14.3 Å². The highest BCUT2D eigenvalue weighted by molar-refractivity contribution is 5.86. The molecule has 5 heteroatoms. The van der Waals surface area contributed by atoms with Gasteiger partial charge in [0.2, 0.25) is 5.82 Å². The Balaban J connectivity index is 1.82. The molecule has 0 atom stereocenters. The van der Waals surface area contributed by atoms with Crippen LogP contribution in [0.3, 0.4) is 0 Å². The van der Waals surface area contributed by atoms with E-state index in [-0.39, 0.29) is 5.82 Å². The number of hydrogen-bond acceptors (Lipinski definition) is 4. The van der Waals surface area contributed by atoms with E-state index >= 15 is 0 Å². The number of ether oxygens (including phenoxy) is 2. The van der Waals surface area contributed by atoms with Gasteiger partial charge in [0, 0.05) is 0 Å². The number of rotatable bonds is 5. The molecule has 0 spiro atoms. The Bertz CT molecular complexity index is 781. The smallest absolute Gasteiger partial charge is 0.374 e. The molecule has 1 aromatic carbocycles. The van der Waals surface area contributed by atoms with Gasteiger partial charge in [-0.15, -0.1) is 0 Å². The predicted molar refractivity (Wildman–Crippen MR) is 81.9 cm³/mol. The van der Waals surface area contributed by atoms with Gasteiger partial charge < -0.3 is 9.47 Å². The number of pyridine rings is 1. The molecular weight excluding hydrogens is 280 g/mol. The normalized spacial score (nSPS) is 10.6. The number of aromatic nitrogens is 2. The summed E-state index contributed by atoms with van der Waals surface area (Å²) in [6.07, 6.45) is 3.38. The second kappa shape index (κ2) is 6.30. The van der Waals surface area contributed by atoms with Crippen LogP contribution in [0.25, 0.3) is 5.52 Å². The van der Waals surface area contributed by atoms with Gasteiger partial charge in [0.1, 0.15) is 12.4 Å². The zero-order valence-corrected chi connectivity index (χ0v) is 12.2. The van der Waals surface area contributed by atoms with Crippen LogP contribution in [0.5, 0.6) is 5.75 Å². The number of fused-ring (bicyclic) bond motifs is 1. The van der Waals surface area contributed by atoms with Gasteiger partial charge in [0.05, 0.1) is 24.5 Å². The molecule has 0 aliphatic rings. The minimum atomic E-state index is -0.442. The summed E-state index contributed by atoms with van der Waals surface area (Å²) in [7, 11) is 0. The molecule has 0 bridgehead atoms. The summed E-state index contributed by atoms with van der Waals surface area (Å²) < 4.78 is 12.4. The van der Waals surface area contributed by atoms with Crippen molar-refractivity contribution in [1.29, 1.82) is 0 Å². The maximum absolute atomic E-state index is 11.9. The minimum Gasteiger partial charge on any atom is -0.487 e. The van der Waals surface area contributed by atoms with Gasteiger partial charge in [0.25, 0.3) is 0 Å². The second-order valence-electron chi connectivity index (χ2n) is 4.74. The van der Waals surface area contributed by atoms with E-state index in [1.807, 2.05) is 42.5 Å². The number of benzene rings is 1. The highest BCUT2D eigenvalue weighted by Crippen LogP contribution is 2.17. The molecule has 0 unspecified atom stereocenters. The molecular formula is C17H16N2O3. The summed E-state index contributed by atoms with van der Waals surface area (Å²) >= 11 is 0. The van der Waals surface area contributed by atoms with Crippen LogP contribution in [0.2, 0.25) is 0 Å². The standard InChI is InChI=1S/C17H16N2O3/c1-2-21-17(20)16-18-10-14-8-9-15(11-19(14)16)22-12-13-6-4-3-5-7-13/h3-11H,2,12H2,1H3. The fraction of sp³-hybridized carbons (Fsp3) is 0.176. The first kappa shape index (κ1) is 14.1. The molecule has 0 amide bonds. The van der Waals surface area contributed by atoms with E-state index in [0.29, 0.717) is 19.0 Å². The maximum Gasteiger partial charge on any atom is 0.374 e. The minimum absolute atomic E-state index is 0.252. The van der Waals surface area contributed by atoms with E-state index < -0.39 is 5.97 Å². The molecule has 3 rings (SSSR count). The lowest BCUT2D eigenvalue weighted by Crippen LogP contribution is -2.09. The van der Waals surface area contributed by atoms with Crippen LogP contribution in [0.1, 0.15) is 23.1 Å². The number of carbonyl (C=O) groups is 1. The van der Waals surface area contributed by atoms with Crippen molar-refractivity contribution >= 4 is 11.5 Å².